The lowest BCUT2D eigenvalue weighted by Gasteiger charge is -2.01. The molecule has 102 valence electrons. The van der Waals surface area contributed by atoms with Crippen molar-refractivity contribution in [1.29, 1.82) is 0 Å². The van der Waals surface area contributed by atoms with E-state index in [0.29, 0.717) is 6.42 Å². The average molecular weight is 267 g/mol. The summed E-state index contributed by atoms with van der Waals surface area (Å²) in [6, 6.07) is 13.7. The highest BCUT2D eigenvalue weighted by Crippen LogP contribution is 2.00. The lowest BCUT2D eigenvalue weighted by atomic mass is 10.2. The van der Waals surface area contributed by atoms with Gasteiger partial charge in [0, 0.05) is 25.2 Å². The molecule has 0 aliphatic rings. The molecule has 1 aromatic carbocycles. The van der Waals surface area contributed by atoms with E-state index in [-0.39, 0.29) is 5.91 Å². The Morgan fingerprint density at radius 2 is 2.05 bits per heavy atom. The number of benzene rings is 1. The summed E-state index contributed by atoms with van der Waals surface area (Å²) in [7, 11) is 1.91. The first-order valence-corrected chi connectivity index (χ1v) is 6.39. The molecule has 0 bridgehead atoms. The van der Waals surface area contributed by atoms with Crippen LogP contribution in [0.25, 0.3) is 6.08 Å². The van der Waals surface area contributed by atoms with Crippen LogP contribution in [-0.4, -0.2) is 16.7 Å². The molecule has 0 unspecified atom stereocenters. The van der Waals surface area contributed by atoms with Gasteiger partial charge in [-0.3, -0.25) is 4.79 Å². The van der Waals surface area contributed by atoms with Crippen LogP contribution in [0.1, 0.15) is 11.3 Å². The lowest BCUT2D eigenvalue weighted by Crippen LogP contribution is -2.20. The molecule has 2 rings (SSSR count). The second kappa shape index (κ2) is 7.09. The molecule has 0 saturated carbocycles. The van der Waals surface area contributed by atoms with Crippen molar-refractivity contribution in [1.82, 2.24) is 9.99 Å². The molecular formula is C16H17N3O. The summed E-state index contributed by atoms with van der Waals surface area (Å²) < 4.78 is 1.92. The van der Waals surface area contributed by atoms with Crippen LogP contribution in [-0.2, 0) is 18.3 Å². The van der Waals surface area contributed by atoms with Crippen molar-refractivity contribution in [2.24, 2.45) is 12.1 Å². The standard InChI is InChI=1S/C16H17N3O/c1-19-12-6-10-15(19)13-16(20)18-17-11-5-9-14-7-3-2-4-8-14/h2-12H,13H2,1H3,(H,18,20)/b9-5+,17-11-. The Morgan fingerprint density at radius 1 is 1.25 bits per heavy atom. The fourth-order valence-electron chi connectivity index (χ4n) is 1.75. The summed E-state index contributed by atoms with van der Waals surface area (Å²) in [6.07, 6.45) is 7.51. The number of rotatable bonds is 5. The van der Waals surface area contributed by atoms with Gasteiger partial charge in [0.25, 0.3) is 0 Å². The summed E-state index contributed by atoms with van der Waals surface area (Å²) in [5, 5.41) is 3.88. The smallest absolute Gasteiger partial charge is 0.245 e. The molecule has 0 saturated heterocycles. The van der Waals surface area contributed by atoms with Gasteiger partial charge in [0.05, 0.1) is 6.42 Å². The summed E-state index contributed by atoms with van der Waals surface area (Å²) in [5.41, 5.74) is 4.55. The molecule has 1 amide bonds. The monoisotopic (exact) mass is 267 g/mol. The Hall–Kier alpha value is -2.62. The van der Waals surface area contributed by atoms with Gasteiger partial charge in [0.15, 0.2) is 0 Å². The molecule has 0 radical (unpaired) electrons. The van der Waals surface area contributed by atoms with Crippen LogP contribution >= 0.6 is 0 Å². The number of aryl methyl sites for hydroxylation is 1. The van der Waals surface area contributed by atoms with Gasteiger partial charge < -0.3 is 4.57 Å². The van der Waals surface area contributed by atoms with Gasteiger partial charge in [-0.1, -0.05) is 36.4 Å². The van der Waals surface area contributed by atoms with E-state index in [1.54, 1.807) is 12.3 Å². The van der Waals surface area contributed by atoms with Gasteiger partial charge in [0.2, 0.25) is 5.91 Å². The predicted molar refractivity (Wildman–Crippen MR) is 81.2 cm³/mol. The first kappa shape index (κ1) is 13.8. The maximum Gasteiger partial charge on any atom is 0.245 e. The molecule has 0 fully saturated rings. The second-order valence-electron chi connectivity index (χ2n) is 4.37. The van der Waals surface area contributed by atoms with Crippen molar-refractivity contribution in [3.05, 3.63) is 66.0 Å². The minimum atomic E-state index is -0.129. The Bertz CT molecular complexity index is 612. The summed E-state index contributed by atoms with van der Waals surface area (Å²) in [4.78, 5) is 11.6. The number of aromatic nitrogens is 1. The van der Waals surface area contributed by atoms with Crippen LogP contribution in [0, 0.1) is 0 Å². The van der Waals surface area contributed by atoms with Crippen molar-refractivity contribution in [2.75, 3.05) is 0 Å². The molecule has 0 atom stereocenters. The maximum atomic E-state index is 11.6. The molecule has 2 aromatic rings. The second-order valence-corrected chi connectivity index (χ2v) is 4.37. The van der Waals surface area contributed by atoms with Gasteiger partial charge in [-0.2, -0.15) is 5.10 Å². The van der Waals surface area contributed by atoms with Gasteiger partial charge in [-0.15, -0.1) is 0 Å². The molecule has 4 nitrogen and oxygen atoms in total. The number of hydrogen-bond acceptors (Lipinski definition) is 2. The van der Waals surface area contributed by atoms with Crippen LogP contribution in [0.4, 0.5) is 0 Å². The molecule has 1 N–H and O–H groups in total. The van der Waals surface area contributed by atoms with Crippen molar-refractivity contribution in [3.63, 3.8) is 0 Å². The highest BCUT2D eigenvalue weighted by Gasteiger charge is 2.03. The molecule has 0 spiro atoms. The van der Waals surface area contributed by atoms with Crippen LogP contribution in [0.2, 0.25) is 0 Å². The van der Waals surface area contributed by atoms with E-state index in [4.69, 9.17) is 0 Å². The van der Waals surface area contributed by atoms with Crippen LogP contribution in [0.3, 0.4) is 0 Å². The van der Waals surface area contributed by atoms with E-state index in [1.165, 1.54) is 0 Å². The van der Waals surface area contributed by atoms with E-state index in [2.05, 4.69) is 10.5 Å². The SMILES string of the molecule is Cn1cccc1CC(=O)N/N=C\C=C\c1ccccc1. The van der Waals surface area contributed by atoms with Gasteiger partial charge in [0.1, 0.15) is 0 Å². The van der Waals surface area contributed by atoms with Gasteiger partial charge >= 0.3 is 0 Å². The summed E-state index contributed by atoms with van der Waals surface area (Å²) in [6.45, 7) is 0. The number of amides is 1. The minimum absolute atomic E-state index is 0.129. The maximum absolute atomic E-state index is 11.6. The topological polar surface area (TPSA) is 46.4 Å². The lowest BCUT2D eigenvalue weighted by molar-refractivity contribution is -0.120. The first-order chi connectivity index (χ1) is 9.75. The zero-order valence-electron chi connectivity index (χ0n) is 11.4. The number of nitrogens with zero attached hydrogens (tertiary/aromatic N) is 2. The van der Waals surface area contributed by atoms with E-state index in [0.717, 1.165) is 11.3 Å². The Kier molecular flexibility index (Phi) is 4.89. The molecule has 1 aromatic heterocycles. The van der Waals surface area contributed by atoms with Crippen molar-refractivity contribution >= 4 is 18.2 Å². The van der Waals surface area contributed by atoms with Crippen LogP contribution < -0.4 is 5.43 Å². The van der Waals surface area contributed by atoms with Crippen LogP contribution in [0.5, 0.6) is 0 Å². The number of carbonyl (C=O) groups is 1. The van der Waals surface area contributed by atoms with E-state index >= 15 is 0 Å². The number of hydrogen-bond donors (Lipinski definition) is 1. The fourth-order valence-corrected chi connectivity index (χ4v) is 1.75. The third kappa shape index (κ3) is 4.24. The zero-order valence-corrected chi connectivity index (χ0v) is 11.4. The fraction of sp³-hybridized carbons (Fsp3) is 0.125. The third-order valence-electron chi connectivity index (χ3n) is 2.83. The van der Waals surface area contributed by atoms with Crippen LogP contribution in [0.15, 0.2) is 59.8 Å². The number of allylic oxidation sites excluding steroid dienone is 1. The number of hydrazone groups is 1. The zero-order chi connectivity index (χ0) is 14.2. The molecule has 20 heavy (non-hydrogen) atoms. The van der Waals surface area contributed by atoms with Crippen molar-refractivity contribution in [2.45, 2.75) is 6.42 Å². The number of carbonyl (C=O) groups excluding carboxylic acids is 1. The molecular weight excluding hydrogens is 250 g/mol. The van der Waals surface area contributed by atoms with E-state index in [1.807, 2.05) is 66.4 Å². The molecule has 0 aliphatic heterocycles. The predicted octanol–water partition coefficient (Wildman–Crippen LogP) is 2.38. The van der Waals surface area contributed by atoms with Crippen molar-refractivity contribution in [3.8, 4) is 0 Å². The average Bonchev–Trinajstić information content (AvgIpc) is 2.85. The summed E-state index contributed by atoms with van der Waals surface area (Å²) in [5.74, 6) is -0.129. The van der Waals surface area contributed by atoms with Gasteiger partial charge in [-0.25, -0.2) is 5.43 Å². The first-order valence-electron chi connectivity index (χ1n) is 6.39. The minimum Gasteiger partial charge on any atom is -0.354 e. The quantitative estimate of drug-likeness (QED) is 0.656. The van der Waals surface area contributed by atoms with Crippen molar-refractivity contribution < 1.29 is 4.79 Å². The molecule has 0 aliphatic carbocycles. The highest BCUT2D eigenvalue weighted by molar-refractivity contribution is 5.82. The number of nitrogens with one attached hydrogen (secondary N) is 1. The Morgan fingerprint density at radius 3 is 2.75 bits per heavy atom. The highest BCUT2D eigenvalue weighted by atomic mass is 16.2. The van der Waals surface area contributed by atoms with E-state index in [9.17, 15) is 4.79 Å². The Labute approximate surface area is 118 Å². The van der Waals surface area contributed by atoms with Gasteiger partial charge in [-0.05, 0) is 23.8 Å². The molecule has 4 heteroatoms. The summed E-state index contributed by atoms with van der Waals surface area (Å²) >= 11 is 0. The normalized spacial score (nSPS) is 11.2. The van der Waals surface area contributed by atoms with E-state index < -0.39 is 0 Å². The molecule has 1 heterocycles. The Balaban J connectivity index is 1.77. The largest absolute Gasteiger partial charge is 0.354 e. The third-order valence-corrected chi connectivity index (χ3v) is 2.83.